The zero-order valence-electron chi connectivity index (χ0n) is 17.7. The van der Waals surface area contributed by atoms with E-state index in [9.17, 15) is 24.8 Å². The quantitative estimate of drug-likeness (QED) is 0.351. The molecular formula is C23H19N3O6S. The molecule has 1 N–H and O–H groups in total. The summed E-state index contributed by atoms with van der Waals surface area (Å²) in [5, 5.41) is 20.8. The zero-order valence-corrected chi connectivity index (χ0v) is 18.5. The van der Waals surface area contributed by atoms with E-state index in [0.29, 0.717) is 16.1 Å². The number of nitro benzene ring substituents is 1. The Morgan fingerprint density at radius 3 is 2.70 bits per heavy atom. The third kappa shape index (κ3) is 4.08. The minimum Gasteiger partial charge on any atom is -0.502 e. The highest BCUT2D eigenvalue weighted by atomic mass is 32.1. The molecule has 0 bridgehead atoms. The second-order valence-corrected chi connectivity index (χ2v) is 8.23. The molecule has 2 aromatic carbocycles. The Kier molecular flexibility index (Phi) is 5.93. The maximum atomic E-state index is 13.4. The van der Waals surface area contributed by atoms with E-state index in [0.717, 1.165) is 16.9 Å². The Morgan fingerprint density at radius 2 is 2.03 bits per heavy atom. The number of hydrogen-bond donors (Lipinski definition) is 1. The van der Waals surface area contributed by atoms with Crippen molar-refractivity contribution >= 4 is 29.1 Å². The maximum Gasteiger partial charge on any atom is 0.338 e. The number of hydrogen-bond acceptors (Lipinski definition) is 8. The average Bonchev–Trinajstić information content (AvgIpc) is 3.09. The summed E-state index contributed by atoms with van der Waals surface area (Å²) in [6, 6.07) is 12.3. The lowest BCUT2D eigenvalue weighted by atomic mass is 9.96. The Morgan fingerprint density at radius 1 is 1.30 bits per heavy atom. The first-order valence-corrected chi connectivity index (χ1v) is 10.9. The number of benzene rings is 2. The van der Waals surface area contributed by atoms with Crippen LogP contribution >= 0.6 is 11.3 Å². The number of fused-ring (bicyclic) bond motifs is 1. The highest BCUT2D eigenvalue weighted by Gasteiger charge is 2.33. The molecule has 0 unspecified atom stereocenters. The van der Waals surface area contributed by atoms with Gasteiger partial charge in [-0.3, -0.25) is 19.5 Å². The third-order valence-corrected chi connectivity index (χ3v) is 6.11. The standard InChI is InChI=1S/C23H19N3O6S/c1-3-32-22(29)19-13(2)24-23-25(20(19)15-7-5-4-6-8-15)21(28)18(33-23)12-14-9-10-17(27)16(11-14)26(30)31/h4-12,20,27H,3H2,1-2H3/b18-12+/t20-/m1/s1. The minimum absolute atomic E-state index is 0.182. The van der Waals surface area contributed by atoms with Crippen molar-refractivity contribution in [1.29, 1.82) is 0 Å². The van der Waals surface area contributed by atoms with Crippen molar-refractivity contribution in [2.75, 3.05) is 6.61 Å². The summed E-state index contributed by atoms with van der Waals surface area (Å²) in [5.41, 5.74) is 0.986. The number of allylic oxidation sites excluding steroid dienone is 1. The number of aromatic nitrogens is 1. The van der Waals surface area contributed by atoms with Crippen molar-refractivity contribution in [2.45, 2.75) is 19.9 Å². The van der Waals surface area contributed by atoms with Gasteiger partial charge in [0.1, 0.15) is 0 Å². The van der Waals surface area contributed by atoms with Gasteiger partial charge in [-0.1, -0.05) is 47.7 Å². The lowest BCUT2D eigenvalue weighted by Crippen LogP contribution is -2.39. The van der Waals surface area contributed by atoms with Gasteiger partial charge in [-0.2, -0.15) is 0 Å². The summed E-state index contributed by atoms with van der Waals surface area (Å²) < 4.78 is 6.97. The third-order valence-electron chi connectivity index (χ3n) is 5.13. The van der Waals surface area contributed by atoms with Gasteiger partial charge in [0, 0.05) is 6.07 Å². The lowest BCUT2D eigenvalue weighted by Gasteiger charge is -2.24. The average molecular weight is 465 g/mol. The molecule has 9 nitrogen and oxygen atoms in total. The number of nitro groups is 1. The highest BCUT2D eigenvalue weighted by molar-refractivity contribution is 7.07. The van der Waals surface area contributed by atoms with E-state index < -0.39 is 33.9 Å². The van der Waals surface area contributed by atoms with Crippen LogP contribution in [0.2, 0.25) is 0 Å². The van der Waals surface area contributed by atoms with Crippen molar-refractivity contribution < 1.29 is 19.6 Å². The fraction of sp³-hybridized carbons (Fsp3) is 0.174. The van der Waals surface area contributed by atoms with E-state index in [1.54, 1.807) is 13.8 Å². The van der Waals surface area contributed by atoms with Gasteiger partial charge in [0.15, 0.2) is 10.6 Å². The van der Waals surface area contributed by atoms with E-state index in [-0.39, 0.29) is 16.7 Å². The maximum absolute atomic E-state index is 13.4. The summed E-state index contributed by atoms with van der Waals surface area (Å²) in [4.78, 5) is 41.6. The minimum atomic E-state index is -0.724. The number of rotatable bonds is 5. The number of thiazole rings is 1. The Balaban J connectivity index is 1.94. The van der Waals surface area contributed by atoms with Gasteiger partial charge in [-0.05, 0) is 37.1 Å². The van der Waals surface area contributed by atoms with E-state index in [1.165, 1.54) is 28.8 Å². The number of carbonyl (C=O) groups excluding carboxylic acids is 1. The Bertz CT molecular complexity index is 1470. The zero-order chi connectivity index (χ0) is 23.7. The van der Waals surface area contributed by atoms with Crippen LogP contribution in [0.25, 0.3) is 6.08 Å². The van der Waals surface area contributed by atoms with Crippen LogP contribution in [-0.2, 0) is 9.53 Å². The molecule has 0 saturated carbocycles. The van der Waals surface area contributed by atoms with Crippen LogP contribution in [-0.4, -0.2) is 27.2 Å². The van der Waals surface area contributed by atoms with Gasteiger partial charge < -0.3 is 9.84 Å². The number of esters is 1. The van der Waals surface area contributed by atoms with Crippen LogP contribution in [0.1, 0.15) is 31.0 Å². The van der Waals surface area contributed by atoms with Gasteiger partial charge >= 0.3 is 11.7 Å². The van der Waals surface area contributed by atoms with Gasteiger partial charge in [-0.25, -0.2) is 9.79 Å². The summed E-state index contributed by atoms with van der Waals surface area (Å²) in [6.07, 6.45) is 1.50. The highest BCUT2D eigenvalue weighted by Crippen LogP contribution is 2.30. The molecule has 1 atom stereocenters. The van der Waals surface area contributed by atoms with Crippen LogP contribution in [0.3, 0.4) is 0 Å². The smallest absolute Gasteiger partial charge is 0.338 e. The van der Waals surface area contributed by atoms with E-state index >= 15 is 0 Å². The van der Waals surface area contributed by atoms with Crippen LogP contribution in [0.4, 0.5) is 5.69 Å². The number of ether oxygens (including phenoxy) is 1. The summed E-state index contributed by atoms with van der Waals surface area (Å²) in [5.74, 6) is -1.01. The molecule has 0 radical (unpaired) electrons. The molecule has 0 amide bonds. The van der Waals surface area contributed by atoms with E-state index in [4.69, 9.17) is 4.74 Å². The fourth-order valence-electron chi connectivity index (χ4n) is 3.67. The number of aromatic hydroxyl groups is 1. The van der Waals surface area contributed by atoms with Crippen molar-refractivity contribution in [3.63, 3.8) is 0 Å². The van der Waals surface area contributed by atoms with Crippen LogP contribution in [0.15, 0.2) is 69.6 Å². The van der Waals surface area contributed by atoms with Gasteiger partial charge in [0.05, 0.1) is 33.4 Å². The SMILES string of the molecule is CCOC(=O)C1=C(C)N=c2s/c(=C/c3ccc(O)c([N+](=O)[O-])c3)c(=O)n2[C@@H]1c1ccccc1. The number of carbonyl (C=O) groups is 1. The topological polar surface area (TPSA) is 124 Å². The molecule has 0 aliphatic carbocycles. The second-order valence-electron chi connectivity index (χ2n) is 7.22. The van der Waals surface area contributed by atoms with Crippen molar-refractivity contribution in [3.05, 3.63) is 101 Å². The summed E-state index contributed by atoms with van der Waals surface area (Å²) in [7, 11) is 0. The normalized spacial score (nSPS) is 15.7. The second kappa shape index (κ2) is 8.83. The molecule has 10 heteroatoms. The molecular weight excluding hydrogens is 446 g/mol. The van der Waals surface area contributed by atoms with E-state index in [1.807, 2.05) is 30.3 Å². The molecule has 3 aromatic rings. The predicted molar refractivity (Wildman–Crippen MR) is 122 cm³/mol. The molecule has 168 valence electrons. The summed E-state index contributed by atoms with van der Waals surface area (Å²) >= 11 is 1.11. The Hall–Kier alpha value is -4.05. The van der Waals surface area contributed by atoms with Crippen molar-refractivity contribution in [2.24, 2.45) is 4.99 Å². The van der Waals surface area contributed by atoms with E-state index in [2.05, 4.69) is 4.99 Å². The lowest BCUT2D eigenvalue weighted by molar-refractivity contribution is -0.385. The van der Waals surface area contributed by atoms with Crippen LogP contribution < -0.4 is 14.9 Å². The fourth-order valence-corrected chi connectivity index (χ4v) is 4.72. The van der Waals surface area contributed by atoms with Crippen molar-refractivity contribution in [1.82, 2.24) is 4.57 Å². The Labute approximate surface area is 191 Å². The number of nitrogens with zero attached hydrogens (tertiary/aromatic N) is 3. The molecule has 1 aliphatic heterocycles. The molecule has 4 rings (SSSR count). The molecule has 0 fully saturated rings. The van der Waals surface area contributed by atoms with Gasteiger partial charge in [0.2, 0.25) is 0 Å². The molecule has 1 aromatic heterocycles. The molecule has 0 saturated heterocycles. The first-order valence-electron chi connectivity index (χ1n) is 10.0. The first-order chi connectivity index (χ1) is 15.8. The van der Waals surface area contributed by atoms with Gasteiger partial charge in [0.25, 0.3) is 5.56 Å². The van der Waals surface area contributed by atoms with Crippen LogP contribution in [0.5, 0.6) is 5.75 Å². The number of phenolic OH excluding ortho intramolecular Hbond substituents is 1. The molecule has 2 heterocycles. The molecule has 0 spiro atoms. The summed E-state index contributed by atoms with van der Waals surface area (Å²) in [6.45, 7) is 3.58. The van der Waals surface area contributed by atoms with Gasteiger partial charge in [-0.15, -0.1) is 0 Å². The number of phenols is 1. The monoisotopic (exact) mass is 465 g/mol. The van der Waals surface area contributed by atoms with Crippen molar-refractivity contribution in [3.8, 4) is 5.75 Å². The van der Waals surface area contributed by atoms with Crippen LogP contribution in [0, 0.1) is 10.1 Å². The first kappa shape index (κ1) is 22.2. The predicted octanol–water partition coefficient (Wildman–Crippen LogP) is 2.41. The molecule has 33 heavy (non-hydrogen) atoms. The molecule has 1 aliphatic rings. The largest absolute Gasteiger partial charge is 0.502 e.